The van der Waals surface area contributed by atoms with Crippen molar-refractivity contribution < 1.29 is 28.6 Å². The Bertz CT molecular complexity index is 1310. The van der Waals surface area contributed by atoms with E-state index in [1.165, 1.54) is 295 Å². The summed E-state index contributed by atoms with van der Waals surface area (Å²) in [5.41, 5.74) is 0. The van der Waals surface area contributed by atoms with E-state index in [0.29, 0.717) is 19.3 Å². The number of allylic oxidation sites excluding steroid dienone is 4. The maximum atomic E-state index is 13.0. The Morgan fingerprint density at radius 2 is 0.469 bits per heavy atom. The average molecular weight is 1140 g/mol. The number of carbonyl (C=O) groups excluding carboxylic acids is 3. The molecule has 1 atom stereocenters. The Hall–Kier alpha value is -2.11. The third-order valence-electron chi connectivity index (χ3n) is 16.9. The summed E-state index contributed by atoms with van der Waals surface area (Å²) in [6, 6.07) is 0. The Balaban J connectivity index is 4.18. The number of ether oxygens (including phenoxy) is 3. The highest BCUT2D eigenvalue weighted by Crippen LogP contribution is 2.19. The lowest BCUT2D eigenvalue weighted by Crippen LogP contribution is -2.30. The summed E-state index contributed by atoms with van der Waals surface area (Å²) in [5, 5.41) is 0. The number of hydrogen-bond donors (Lipinski definition) is 0. The Morgan fingerprint density at radius 1 is 0.247 bits per heavy atom. The fraction of sp³-hybridized carbons (Fsp3) is 0.907. The molecule has 6 heteroatoms. The lowest BCUT2D eigenvalue weighted by atomic mass is 10.0. The van der Waals surface area contributed by atoms with E-state index in [9.17, 15) is 14.4 Å². The van der Waals surface area contributed by atoms with E-state index in [1.54, 1.807) is 0 Å². The largest absolute Gasteiger partial charge is 0.462 e. The van der Waals surface area contributed by atoms with E-state index in [2.05, 4.69) is 45.1 Å². The van der Waals surface area contributed by atoms with Gasteiger partial charge in [0.05, 0.1) is 0 Å². The van der Waals surface area contributed by atoms with Crippen LogP contribution >= 0.6 is 0 Å². The highest BCUT2D eigenvalue weighted by molar-refractivity contribution is 5.71. The number of hydrogen-bond acceptors (Lipinski definition) is 6. The minimum Gasteiger partial charge on any atom is -0.462 e. The molecule has 0 aromatic carbocycles. The van der Waals surface area contributed by atoms with Crippen molar-refractivity contribution in [3.63, 3.8) is 0 Å². The van der Waals surface area contributed by atoms with Crippen LogP contribution in [-0.4, -0.2) is 37.2 Å². The molecule has 0 aromatic heterocycles. The zero-order chi connectivity index (χ0) is 58.5. The zero-order valence-electron chi connectivity index (χ0n) is 55.1. The number of esters is 3. The molecule has 81 heavy (non-hydrogen) atoms. The van der Waals surface area contributed by atoms with E-state index in [1.807, 2.05) is 0 Å². The van der Waals surface area contributed by atoms with Crippen LogP contribution in [0.1, 0.15) is 419 Å². The van der Waals surface area contributed by atoms with Crippen molar-refractivity contribution in [1.82, 2.24) is 0 Å². The van der Waals surface area contributed by atoms with Gasteiger partial charge in [0.1, 0.15) is 13.2 Å². The second-order valence-electron chi connectivity index (χ2n) is 25.2. The predicted molar refractivity (Wildman–Crippen MR) is 353 cm³/mol. The van der Waals surface area contributed by atoms with E-state index in [4.69, 9.17) is 14.2 Å². The lowest BCUT2D eigenvalue weighted by molar-refractivity contribution is -0.167. The molecule has 0 aromatic rings. The third kappa shape index (κ3) is 68.6. The molecule has 0 fully saturated rings. The molecule has 0 radical (unpaired) electrons. The molecule has 0 aliphatic carbocycles. The van der Waals surface area contributed by atoms with Gasteiger partial charge < -0.3 is 14.2 Å². The van der Waals surface area contributed by atoms with Crippen molar-refractivity contribution in [3.05, 3.63) is 24.3 Å². The molecular formula is C75H142O6. The Kier molecular flexibility index (Phi) is 68.5. The molecule has 6 nitrogen and oxygen atoms in total. The highest BCUT2D eigenvalue weighted by atomic mass is 16.6. The van der Waals surface area contributed by atoms with Gasteiger partial charge in [-0.1, -0.05) is 379 Å². The summed E-state index contributed by atoms with van der Waals surface area (Å²) in [4.78, 5) is 38.4. The van der Waals surface area contributed by atoms with Crippen LogP contribution in [0.15, 0.2) is 24.3 Å². The molecule has 478 valence electrons. The van der Waals surface area contributed by atoms with Gasteiger partial charge in [0, 0.05) is 19.3 Å². The van der Waals surface area contributed by atoms with Crippen LogP contribution in [0, 0.1) is 0 Å². The van der Waals surface area contributed by atoms with Crippen LogP contribution in [-0.2, 0) is 28.6 Å². The average Bonchev–Trinajstić information content (AvgIpc) is 3.46. The monoisotopic (exact) mass is 1140 g/mol. The zero-order valence-corrected chi connectivity index (χ0v) is 55.1. The molecule has 1 unspecified atom stereocenters. The SMILES string of the molecule is CCC/C=C\C/C=C\CCCCCCCC(=O)OCC(COC(=O)CCCCCCCCCCCCCCCCCCCCCCCCCCCC)OC(=O)CCCCCCCCCCCCCCCCCCCCCCCCCC. The van der Waals surface area contributed by atoms with Crippen LogP contribution in [0.3, 0.4) is 0 Å². The van der Waals surface area contributed by atoms with E-state index >= 15 is 0 Å². The standard InChI is InChI=1S/C75H142O6/c1-4-7-10-13-16-19-22-25-27-29-31-33-35-37-38-40-41-43-45-47-50-53-56-59-62-65-68-74(77)80-71-72(70-79-73(76)67-64-61-58-55-52-49-24-21-18-15-12-9-6-3)81-75(78)69-66-63-60-57-54-51-48-46-44-42-39-36-34-32-30-28-26-23-20-17-14-11-8-5-2/h12,15,21,24,72H,4-11,13-14,16-20,22-23,25-71H2,1-3H3/b15-12-,24-21-. The van der Waals surface area contributed by atoms with Crippen LogP contribution in [0.4, 0.5) is 0 Å². The maximum Gasteiger partial charge on any atom is 0.306 e. The molecule has 0 aliphatic heterocycles. The molecule has 0 heterocycles. The van der Waals surface area contributed by atoms with Gasteiger partial charge in [-0.3, -0.25) is 14.4 Å². The first-order valence-corrected chi connectivity index (χ1v) is 36.8. The Morgan fingerprint density at radius 3 is 0.728 bits per heavy atom. The minimum absolute atomic E-state index is 0.0692. The van der Waals surface area contributed by atoms with Crippen molar-refractivity contribution in [1.29, 1.82) is 0 Å². The summed E-state index contributed by atoms with van der Waals surface area (Å²) in [6.45, 7) is 6.66. The van der Waals surface area contributed by atoms with E-state index < -0.39 is 6.10 Å². The topological polar surface area (TPSA) is 78.9 Å². The number of rotatable bonds is 69. The smallest absolute Gasteiger partial charge is 0.306 e. The van der Waals surface area contributed by atoms with Crippen molar-refractivity contribution in [3.8, 4) is 0 Å². The predicted octanol–water partition coefficient (Wildman–Crippen LogP) is 25.3. The van der Waals surface area contributed by atoms with Gasteiger partial charge in [0.25, 0.3) is 0 Å². The lowest BCUT2D eigenvalue weighted by Gasteiger charge is -2.18. The van der Waals surface area contributed by atoms with Crippen LogP contribution in [0.5, 0.6) is 0 Å². The molecule has 0 rings (SSSR count). The van der Waals surface area contributed by atoms with Gasteiger partial charge >= 0.3 is 17.9 Å². The first-order chi connectivity index (χ1) is 40.0. The molecule has 0 aliphatic rings. The van der Waals surface area contributed by atoms with Gasteiger partial charge in [0.15, 0.2) is 6.10 Å². The van der Waals surface area contributed by atoms with Crippen molar-refractivity contribution in [2.24, 2.45) is 0 Å². The van der Waals surface area contributed by atoms with Gasteiger partial charge in [-0.05, 0) is 44.9 Å². The third-order valence-corrected chi connectivity index (χ3v) is 16.9. The van der Waals surface area contributed by atoms with Crippen molar-refractivity contribution in [2.45, 2.75) is 425 Å². The van der Waals surface area contributed by atoms with Gasteiger partial charge in [-0.25, -0.2) is 0 Å². The fourth-order valence-corrected chi connectivity index (χ4v) is 11.4. The summed E-state index contributed by atoms with van der Waals surface area (Å²) < 4.78 is 17.0. The second-order valence-corrected chi connectivity index (χ2v) is 25.2. The molecule has 0 N–H and O–H groups in total. The van der Waals surface area contributed by atoms with E-state index in [-0.39, 0.29) is 31.1 Å². The number of carbonyl (C=O) groups is 3. The molecule has 0 saturated heterocycles. The van der Waals surface area contributed by atoms with Gasteiger partial charge in [-0.15, -0.1) is 0 Å². The normalized spacial score (nSPS) is 12.1. The van der Waals surface area contributed by atoms with Crippen LogP contribution in [0.25, 0.3) is 0 Å². The summed E-state index contributed by atoms with van der Waals surface area (Å²) in [5.74, 6) is -0.850. The molecule has 0 amide bonds. The maximum absolute atomic E-state index is 13.0. The first kappa shape index (κ1) is 78.9. The second kappa shape index (κ2) is 70.4. The number of unbranched alkanes of at least 4 members (excludes halogenated alkanes) is 54. The summed E-state index contributed by atoms with van der Waals surface area (Å²) in [6.07, 6.45) is 86.6. The minimum atomic E-state index is -0.774. The molecule has 0 saturated carbocycles. The molecular weight excluding hydrogens is 997 g/mol. The van der Waals surface area contributed by atoms with Crippen LogP contribution in [0.2, 0.25) is 0 Å². The van der Waals surface area contributed by atoms with E-state index in [0.717, 1.165) is 83.5 Å². The molecule has 0 bridgehead atoms. The quantitative estimate of drug-likeness (QED) is 0.0261. The first-order valence-electron chi connectivity index (χ1n) is 36.8. The fourth-order valence-electron chi connectivity index (χ4n) is 11.4. The summed E-state index contributed by atoms with van der Waals surface area (Å²) >= 11 is 0. The summed E-state index contributed by atoms with van der Waals surface area (Å²) in [7, 11) is 0. The highest BCUT2D eigenvalue weighted by Gasteiger charge is 2.20. The van der Waals surface area contributed by atoms with Crippen LogP contribution < -0.4 is 0 Å². The van der Waals surface area contributed by atoms with Gasteiger partial charge in [0.2, 0.25) is 0 Å². The Labute approximate surface area is 506 Å². The van der Waals surface area contributed by atoms with Gasteiger partial charge in [-0.2, -0.15) is 0 Å². The van der Waals surface area contributed by atoms with Crippen molar-refractivity contribution >= 4 is 17.9 Å². The molecule has 0 spiro atoms. The van der Waals surface area contributed by atoms with Crippen molar-refractivity contribution in [2.75, 3.05) is 13.2 Å².